The van der Waals surface area contributed by atoms with Crippen LogP contribution in [0, 0.1) is 0 Å². The number of furan rings is 1. The molecular formula is C12H14F4N2O2. The van der Waals surface area contributed by atoms with Crippen LogP contribution in [-0.4, -0.2) is 54.2 Å². The number of amides is 1. The molecule has 0 spiro atoms. The standard InChI is InChI=1S/C12H14F4N2O2/c13-10(14)12(15,16)11(19)18-5-3-17(4-6-18)8-9-2-1-7-20-9/h1-2,7,10H,3-6,8H2. The Kier molecular flexibility index (Phi) is 4.32. The zero-order valence-electron chi connectivity index (χ0n) is 10.6. The van der Waals surface area contributed by atoms with Crippen LogP contribution in [0.15, 0.2) is 22.8 Å². The van der Waals surface area contributed by atoms with E-state index in [0.29, 0.717) is 19.6 Å². The Balaban J connectivity index is 1.86. The molecule has 1 aliphatic heterocycles. The highest BCUT2D eigenvalue weighted by Crippen LogP contribution is 2.26. The smallest absolute Gasteiger partial charge is 0.383 e. The second-order valence-corrected chi connectivity index (χ2v) is 4.57. The number of hydrogen-bond donors (Lipinski definition) is 0. The van der Waals surface area contributed by atoms with Gasteiger partial charge in [-0.05, 0) is 12.1 Å². The number of alkyl halides is 4. The van der Waals surface area contributed by atoms with Crippen molar-refractivity contribution in [3.05, 3.63) is 24.2 Å². The molecule has 0 aliphatic carbocycles. The van der Waals surface area contributed by atoms with Crippen LogP contribution in [0.3, 0.4) is 0 Å². The van der Waals surface area contributed by atoms with Crippen molar-refractivity contribution < 1.29 is 26.8 Å². The summed E-state index contributed by atoms with van der Waals surface area (Å²) < 4.78 is 55.3. The fourth-order valence-corrected chi connectivity index (χ4v) is 2.04. The molecular weight excluding hydrogens is 280 g/mol. The maximum atomic E-state index is 13.0. The van der Waals surface area contributed by atoms with Crippen LogP contribution in [-0.2, 0) is 11.3 Å². The van der Waals surface area contributed by atoms with E-state index in [-0.39, 0.29) is 13.1 Å². The molecule has 0 radical (unpaired) electrons. The van der Waals surface area contributed by atoms with Crippen LogP contribution in [0.2, 0.25) is 0 Å². The number of hydrogen-bond acceptors (Lipinski definition) is 3. The van der Waals surface area contributed by atoms with Gasteiger partial charge in [-0.2, -0.15) is 8.78 Å². The first-order chi connectivity index (χ1) is 9.41. The predicted molar refractivity (Wildman–Crippen MR) is 61.5 cm³/mol. The summed E-state index contributed by atoms with van der Waals surface area (Å²) in [5.41, 5.74) is 0. The van der Waals surface area contributed by atoms with E-state index in [1.165, 1.54) is 6.26 Å². The van der Waals surface area contributed by atoms with Crippen LogP contribution in [0.25, 0.3) is 0 Å². The van der Waals surface area contributed by atoms with E-state index in [1.54, 1.807) is 12.1 Å². The van der Waals surface area contributed by atoms with Crippen molar-refractivity contribution in [3.8, 4) is 0 Å². The highest BCUT2D eigenvalue weighted by Gasteiger charge is 2.51. The van der Waals surface area contributed by atoms with Gasteiger partial charge in [-0.1, -0.05) is 0 Å². The van der Waals surface area contributed by atoms with E-state index in [2.05, 4.69) is 0 Å². The summed E-state index contributed by atoms with van der Waals surface area (Å²) in [5.74, 6) is -5.68. The maximum absolute atomic E-state index is 13.0. The van der Waals surface area contributed by atoms with E-state index < -0.39 is 18.3 Å². The van der Waals surface area contributed by atoms with Gasteiger partial charge < -0.3 is 9.32 Å². The topological polar surface area (TPSA) is 36.7 Å². The molecule has 1 amide bonds. The van der Waals surface area contributed by atoms with Gasteiger partial charge >= 0.3 is 12.3 Å². The van der Waals surface area contributed by atoms with E-state index >= 15 is 0 Å². The molecule has 112 valence electrons. The normalized spacial score (nSPS) is 17.8. The Morgan fingerprint density at radius 2 is 1.95 bits per heavy atom. The molecule has 1 aromatic rings. The van der Waals surface area contributed by atoms with Gasteiger partial charge in [0, 0.05) is 26.2 Å². The fraction of sp³-hybridized carbons (Fsp3) is 0.583. The number of halogens is 4. The Labute approximate surface area is 112 Å². The molecule has 2 heterocycles. The first-order valence-corrected chi connectivity index (χ1v) is 6.11. The summed E-state index contributed by atoms with van der Waals surface area (Å²) in [6, 6.07) is 3.51. The minimum absolute atomic E-state index is 0.00184. The van der Waals surface area contributed by atoms with E-state index in [1.807, 2.05) is 4.90 Å². The van der Waals surface area contributed by atoms with Gasteiger partial charge in [0.2, 0.25) is 0 Å². The highest BCUT2D eigenvalue weighted by molar-refractivity contribution is 5.84. The average Bonchev–Trinajstić information content (AvgIpc) is 2.91. The second-order valence-electron chi connectivity index (χ2n) is 4.57. The lowest BCUT2D eigenvalue weighted by Gasteiger charge is -2.35. The Hall–Kier alpha value is -1.57. The average molecular weight is 294 g/mol. The first-order valence-electron chi connectivity index (χ1n) is 6.11. The molecule has 2 rings (SSSR count). The maximum Gasteiger partial charge on any atom is 0.383 e. The molecule has 20 heavy (non-hydrogen) atoms. The quantitative estimate of drug-likeness (QED) is 0.795. The van der Waals surface area contributed by atoms with E-state index in [4.69, 9.17) is 4.42 Å². The zero-order chi connectivity index (χ0) is 14.8. The van der Waals surface area contributed by atoms with Crippen LogP contribution in [0.4, 0.5) is 17.6 Å². The van der Waals surface area contributed by atoms with Gasteiger partial charge in [0.15, 0.2) is 0 Å². The zero-order valence-corrected chi connectivity index (χ0v) is 10.6. The second kappa shape index (κ2) is 5.82. The molecule has 4 nitrogen and oxygen atoms in total. The van der Waals surface area contributed by atoms with Crippen molar-refractivity contribution in [2.75, 3.05) is 26.2 Å². The number of piperazine rings is 1. The Bertz CT molecular complexity index is 442. The molecule has 1 fully saturated rings. The summed E-state index contributed by atoms with van der Waals surface area (Å²) in [4.78, 5) is 14.0. The van der Waals surface area contributed by atoms with Crippen LogP contribution in [0.1, 0.15) is 5.76 Å². The van der Waals surface area contributed by atoms with Crippen molar-refractivity contribution >= 4 is 5.91 Å². The van der Waals surface area contributed by atoms with Gasteiger partial charge in [-0.15, -0.1) is 0 Å². The fourth-order valence-electron chi connectivity index (χ4n) is 2.04. The number of carbonyl (C=O) groups is 1. The molecule has 1 saturated heterocycles. The van der Waals surface area contributed by atoms with Gasteiger partial charge in [0.25, 0.3) is 5.91 Å². The monoisotopic (exact) mass is 294 g/mol. The minimum atomic E-state index is -4.61. The summed E-state index contributed by atoms with van der Waals surface area (Å²) in [6.07, 6.45) is -2.45. The SMILES string of the molecule is O=C(N1CCN(Cc2ccco2)CC1)C(F)(F)C(F)F. The van der Waals surface area contributed by atoms with Crippen LogP contribution in [0.5, 0.6) is 0 Å². The van der Waals surface area contributed by atoms with E-state index in [9.17, 15) is 22.4 Å². The predicted octanol–water partition coefficient (Wildman–Crippen LogP) is 1.82. The largest absolute Gasteiger partial charge is 0.468 e. The Morgan fingerprint density at radius 3 is 2.45 bits per heavy atom. The highest BCUT2D eigenvalue weighted by atomic mass is 19.3. The summed E-state index contributed by atoms with van der Waals surface area (Å²) in [5, 5.41) is 0. The number of rotatable bonds is 4. The third-order valence-corrected chi connectivity index (χ3v) is 3.18. The minimum Gasteiger partial charge on any atom is -0.468 e. The number of carbonyl (C=O) groups excluding carboxylic acids is 1. The molecule has 1 aliphatic rings. The van der Waals surface area contributed by atoms with Crippen molar-refractivity contribution in [2.45, 2.75) is 18.9 Å². The molecule has 0 N–H and O–H groups in total. The van der Waals surface area contributed by atoms with Gasteiger partial charge in [0.1, 0.15) is 5.76 Å². The molecule has 0 unspecified atom stereocenters. The lowest BCUT2D eigenvalue weighted by Crippen LogP contribution is -2.54. The van der Waals surface area contributed by atoms with E-state index in [0.717, 1.165) is 10.7 Å². The molecule has 0 saturated carbocycles. The van der Waals surface area contributed by atoms with Crippen LogP contribution < -0.4 is 0 Å². The molecule has 1 aromatic heterocycles. The van der Waals surface area contributed by atoms with Crippen molar-refractivity contribution in [1.82, 2.24) is 9.80 Å². The molecule has 0 bridgehead atoms. The Morgan fingerprint density at radius 1 is 1.30 bits per heavy atom. The lowest BCUT2D eigenvalue weighted by atomic mass is 10.2. The van der Waals surface area contributed by atoms with Gasteiger partial charge in [-0.3, -0.25) is 9.69 Å². The van der Waals surface area contributed by atoms with Crippen molar-refractivity contribution in [1.29, 1.82) is 0 Å². The summed E-state index contributed by atoms with van der Waals surface area (Å²) in [7, 11) is 0. The van der Waals surface area contributed by atoms with Gasteiger partial charge in [0.05, 0.1) is 12.8 Å². The first kappa shape index (κ1) is 14.8. The third kappa shape index (κ3) is 3.12. The molecule has 0 atom stereocenters. The lowest BCUT2D eigenvalue weighted by molar-refractivity contribution is -0.182. The van der Waals surface area contributed by atoms with Crippen molar-refractivity contribution in [3.63, 3.8) is 0 Å². The molecule has 0 aromatic carbocycles. The number of nitrogens with zero attached hydrogens (tertiary/aromatic N) is 2. The summed E-state index contributed by atoms with van der Waals surface area (Å²) >= 11 is 0. The van der Waals surface area contributed by atoms with Gasteiger partial charge in [-0.25, -0.2) is 8.78 Å². The summed E-state index contributed by atoms with van der Waals surface area (Å²) in [6.45, 7) is 1.18. The van der Waals surface area contributed by atoms with Crippen LogP contribution >= 0.6 is 0 Å². The molecule has 8 heteroatoms. The third-order valence-electron chi connectivity index (χ3n) is 3.18. The van der Waals surface area contributed by atoms with Crippen molar-refractivity contribution in [2.24, 2.45) is 0 Å².